The average molecular weight is 318 g/mol. The van der Waals surface area contributed by atoms with Crippen molar-refractivity contribution < 1.29 is 9.90 Å². The SMILES string of the molecule is CC(=O)N1CCCN(c2cc(C(C)C)c(O)c(C(C)C)c2)CC1. The fourth-order valence-electron chi connectivity index (χ4n) is 3.22. The molecular weight excluding hydrogens is 288 g/mol. The minimum absolute atomic E-state index is 0.156. The van der Waals surface area contributed by atoms with E-state index in [0.29, 0.717) is 5.75 Å². The molecule has 1 saturated heterocycles. The fourth-order valence-corrected chi connectivity index (χ4v) is 3.22. The van der Waals surface area contributed by atoms with E-state index < -0.39 is 0 Å². The van der Waals surface area contributed by atoms with Gasteiger partial charge in [0.15, 0.2) is 0 Å². The lowest BCUT2D eigenvalue weighted by Crippen LogP contribution is -2.33. The van der Waals surface area contributed by atoms with E-state index in [9.17, 15) is 9.90 Å². The molecule has 0 aliphatic carbocycles. The third-order valence-corrected chi connectivity index (χ3v) is 4.70. The molecule has 0 radical (unpaired) electrons. The largest absolute Gasteiger partial charge is 0.507 e. The van der Waals surface area contributed by atoms with E-state index in [1.165, 1.54) is 5.69 Å². The van der Waals surface area contributed by atoms with Gasteiger partial charge in [0, 0.05) is 38.8 Å². The number of phenolic OH excluding ortho intramolecular Hbond substituents is 1. The first-order valence-electron chi connectivity index (χ1n) is 8.68. The van der Waals surface area contributed by atoms with Crippen molar-refractivity contribution >= 4 is 11.6 Å². The van der Waals surface area contributed by atoms with Crippen LogP contribution in [0.1, 0.15) is 64.0 Å². The average Bonchev–Trinajstić information content (AvgIpc) is 2.72. The molecule has 2 rings (SSSR count). The minimum atomic E-state index is 0.156. The van der Waals surface area contributed by atoms with Gasteiger partial charge in [-0.25, -0.2) is 0 Å². The van der Waals surface area contributed by atoms with Gasteiger partial charge in [0.1, 0.15) is 5.75 Å². The Morgan fingerprint density at radius 2 is 1.57 bits per heavy atom. The molecular formula is C19H30N2O2. The highest BCUT2D eigenvalue weighted by molar-refractivity contribution is 5.73. The van der Waals surface area contributed by atoms with E-state index in [-0.39, 0.29) is 17.7 Å². The monoisotopic (exact) mass is 318 g/mol. The van der Waals surface area contributed by atoms with E-state index in [0.717, 1.165) is 43.7 Å². The van der Waals surface area contributed by atoms with Crippen LogP contribution < -0.4 is 4.90 Å². The highest BCUT2D eigenvalue weighted by Gasteiger charge is 2.20. The summed E-state index contributed by atoms with van der Waals surface area (Å²) in [4.78, 5) is 15.9. The number of aromatic hydroxyl groups is 1. The number of carbonyl (C=O) groups is 1. The number of hydrogen-bond donors (Lipinski definition) is 1. The van der Waals surface area contributed by atoms with Gasteiger partial charge in [-0.3, -0.25) is 4.79 Å². The molecule has 128 valence electrons. The predicted molar refractivity (Wildman–Crippen MR) is 95.4 cm³/mol. The van der Waals surface area contributed by atoms with Crippen molar-refractivity contribution in [2.24, 2.45) is 0 Å². The maximum atomic E-state index is 11.6. The molecule has 1 amide bonds. The molecule has 1 aliphatic heterocycles. The lowest BCUT2D eigenvalue weighted by molar-refractivity contribution is -0.128. The quantitative estimate of drug-likeness (QED) is 0.924. The lowest BCUT2D eigenvalue weighted by atomic mass is 9.93. The summed E-state index contributed by atoms with van der Waals surface area (Å²) in [5.74, 6) is 1.17. The minimum Gasteiger partial charge on any atom is -0.507 e. The lowest BCUT2D eigenvalue weighted by Gasteiger charge is -2.26. The molecule has 4 nitrogen and oxygen atoms in total. The number of phenols is 1. The van der Waals surface area contributed by atoms with Crippen LogP contribution in [0.25, 0.3) is 0 Å². The Labute approximate surface area is 140 Å². The summed E-state index contributed by atoms with van der Waals surface area (Å²) in [5.41, 5.74) is 3.19. The Kier molecular flexibility index (Phi) is 5.55. The van der Waals surface area contributed by atoms with Crippen molar-refractivity contribution in [3.63, 3.8) is 0 Å². The molecule has 0 unspecified atom stereocenters. The first-order valence-corrected chi connectivity index (χ1v) is 8.68. The van der Waals surface area contributed by atoms with Crippen LogP contribution in [0.3, 0.4) is 0 Å². The Morgan fingerprint density at radius 1 is 1.00 bits per heavy atom. The first kappa shape index (κ1) is 17.6. The fraction of sp³-hybridized carbons (Fsp3) is 0.632. The predicted octanol–water partition coefficient (Wildman–Crippen LogP) is 3.70. The Morgan fingerprint density at radius 3 is 2.04 bits per heavy atom. The zero-order valence-electron chi connectivity index (χ0n) is 15.1. The summed E-state index contributed by atoms with van der Waals surface area (Å²) >= 11 is 0. The standard InChI is InChI=1S/C19H30N2O2/c1-13(2)17-11-16(12-18(14(3)4)19(17)23)21-8-6-7-20(9-10-21)15(5)22/h11-14,23H,6-10H2,1-5H3. The zero-order chi connectivity index (χ0) is 17.1. The first-order chi connectivity index (χ1) is 10.8. The van der Waals surface area contributed by atoms with Gasteiger partial charge in [-0.2, -0.15) is 0 Å². The van der Waals surface area contributed by atoms with Crippen LogP contribution in [0.4, 0.5) is 5.69 Å². The van der Waals surface area contributed by atoms with Crippen LogP contribution in [-0.4, -0.2) is 42.1 Å². The second-order valence-corrected chi connectivity index (χ2v) is 7.13. The molecule has 0 saturated carbocycles. The van der Waals surface area contributed by atoms with Crippen molar-refractivity contribution in [3.8, 4) is 5.75 Å². The number of hydrogen-bond acceptors (Lipinski definition) is 3. The molecule has 1 aliphatic rings. The van der Waals surface area contributed by atoms with Crippen LogP contribution in [-0.2, 0) is 4.79 Å². The number of rotatable bonds is 3. The highest BCUT2D eigenvalue weighted by atomic mass is 16.3. The van der Waals surface area contributed by atoms with Gasteiger partial charge in [0.25, 0.3) is 0 Å². The second kappa shape index (κ2) is 7.24. The van der Waals surface area contributed by atoms with Crippen molar-refractivity contribution in [2.45, 2.75) is 52.9 Å². The summed E-state index contributed by atoms with van der Waals surface area (Å²) in [5, 5.41) is 10.6. The highest BCUT2D eigenvalue weighted by Crippen LogP contribution is 2.37. The van der Waals surface area contributed by atoms with Gasteiger partial charge >= 0.3 is 0 Å². The molecule has 0 aromatic heterocycles. The van der Waals surface area contributed by atoms with Gasteiger partial charge in [-0.1, -0.05) is 27.7 Å². The summed E-state index contributed by atoms with van der Waals surface area (Å²) in [6.07, 6.45) is 0.981. The Hall–Kier alpha value is -1.71. The zero-order valence-corrected chi connectivity index (χ0v) is 15.1. The van der Waals surface area contributed by atoms with Crippen LogP contribution in [0, 0.1) is 0 Å². The van der Waals surface area contributed by atoms with Crippen molar-refractivity contribution in [2.75, 3.05) is 31.1 Å². The topological polar surface area (TPSA) is 43.8 Å². The second-order valence-electron chi connectivity index (χ2n) is 7.13. The summed E-state index contributed by atoms with van der Waals surface area (Å²) < 4.78 is 0. The van der Waals surface area contributed by atoms with E-state index >= 15 is 0 Å². The summed E-state index contributed by atoms with van der Waals surface area (Å²) in [6.45, 7) is 13.5. The van der Waals surface area contributed by atoms with Crippen LogP contribution in [0.5, 0.6) is 5.75 Å². The molecule has 1 N–H and O–H groups in total. The third-order valence-electron chi connectivity index (χ3n) is 4.70. The van der Waals surface area contributed by atoms with Gasteiger partial charge in [-0.05, 0) is 41.5 Å². The van der Waals surface area contributed by atoms with Crippen molar-refractivity contribution in [1.29, 1.82) is 0 Å². The molecule has 23 heavy (non-hydrogen) atoms. The molecule has 1 aromatic rings. The Balaban J connectivity index is 2.33. The Bertz CT molecular complexity index is 537. The molecule has 1 aromatic carbocycles. The summed E-state index contributed by atoms with van der Waals surface area (Å²) in [7, 11) is 0. The number of anilines is 1. The maximum absolute atomic E-state index is 11.6. The number of carbonyl (C=O) groups excluding carboxylic acids is 1. The van der Waals surface area contributed by atoms with Crippen LogP contribution in [0.2, 0.25) is 0 Å². The molecule has 4 heteroatoms. The molecule has 0 spiro atoms. The maximum Gasteiger partial charge on any atom is 0.219 e. The van der Waals surface area contributed by atoms with E-state index in [2.05, 4.69) is 44.7 Å². The van der Waals surface area contributed by atoms with E-state index in [4.69, 9.17) is 0 Å². The summed E-state index contributed by atoms with van der Waals surface area (Å²) in [6, 6.07) is 4.24. The van der Waals surface area contributed by atoms with E-state index in [1.54, 1.807) is 6.92 Å². The van der Waals surface area contributed by atoms with Gasteiger partial charge in [0.2, 0.25) is 5.91 Å². The molecule has 1 heterocycles. The number of benzene rings is 1. The number of nitrogens with zero attached hydrogens (tertiary/aromatic N) is 2. The van der Waals surface area contributed by atoms with Crippen molar-refractivity contribution in [1.82, 2.24) is 4.90 Å². The molecule has 0 atom stereocenters. The molecule has 1 fully saturated rings. The number of amides is 1. The van der Waals surface area contributed by atoms with Gasteiger partial charge in [-0.15, -0.1) is 0 Å². The van der Waals surface area contributed by atoms with E-state index in [1.807, 2.05) is 4.90 Å². The van der Waals surface area contributed by atoms with Crippen LogP contribution >= 0.6 is 0 Å². The van der Waals surface area contributed by atoms with Gasteiger partial charge in [0.05, 0.1) is 0 Å². The molecule has 0 bridgehead atoms. The van der Waals surface area contributed by atoms with Crippen molar-refractivity contribution in [3.05, 3.63) is 23.3 Å². The van der Waals surface area contributed by atoms with Gasteiger partial charge < -0.3 is 14.9 Å². The third kappa shape index (κ3) is 3.98. The van der Waals surface area contributed by atoms with Crippen LogP contribution in [0.15, 0.2) is 12.1 Å². The smallest absolute Gasteiger partial charge is 0.219 e. The normalized spacial score (nSPS) is 16.1.